The van der Waals surface area contributed by atoms with Gasteiger partial charge in [0.05, 0.1) is 11.3 Å². The van der Waals surface area contributed by atoms with Crippen LogP contribution in [0.3, 0.4) is 0 Å². The largest absolute Gasteiger partial charge is 0.419 e. The predicted octanol–water partition coefficient (Wildman–Crippen LogP) is 3.82. The molecule has 0 spiro atoms. The number of carbonyl (C=O) groups is 1. The highest BCUT2D eigenvalue weighted by Gasteiger charge is 2.18. The molecule has 0 radical (unpaired) electrons. The second-order valence-electron chi connectivity index (χ2n) is 4.25. The van der Waals surface area contributed by atoms with E-state index in [0.717, 1.165) is 23.1 Å². The number of benzene rings is 2. The quantitative estimate of drug-likeness (QED) is 0.266. The number of halogens is 1. The van der Waals surface area contributed by atoms with Crippen molar-refractivity contribution < 1.29 is 18.8 Å². The number of carbonyl (C=O) groups excluding carboxylic acids is 1. The Kier molecular flexibility index (Phi) is 5.48. The van der Waals surface area contributed by atoms with E-state index < -0.39 is 22.4 Å². The number of hydrogen-bond acceptors (Lipinski definition) is 5. The molecule has 0 amide bonds. The Morgan fingerprint density at radius 2 is 1.95 bits per heavy atom. The van der Waals surface area contributed by atoms with E-state index in [1.165, 1.54) is 11.8 Å². The molecule has 0 heterocycles. The standard InChI is InChI=1S/C15H12FNO4S/c16-11-6-7-13(17(19)20)14(10-11)21-15(18)8-9-22-12-4-2-1-3-5-12/h1-7,10H,8-9H2. The van der Waals surface area contributed by atoms with Gasteiger partial charge in [0.25, 0.3) is 0 Å². The molecular formula is C15H12FNO4S. The summed E-state index contributed by atoms with van der Waals surface area (Å²) in [5, 5.41) is 10.8. The normalized spacial score (nSPS) is 10.2. The van der Waals surface area contributed by atoms with Crippen molar-refractivity contribution in [2.24, 2.45) is 0 Å². The zero-order valence-electron chi connectivity index (χ0n) is 11.4. The monoisotopic (exact) mass is 321 g/mol. The van der Waals surface area contributed by atoms with Gasteiger partial charge in [-0.1, -0.05) is 18.2 Å². The van der Waals surface area contributed by atoms with Gasteiger partial charge in [-0.05, 0) is 18.2 Å². The van der Waals surface area contributed by atoms with Crippen molar-refractivity contribution in [2.75, 3.05) is 5.75 Å². The number of thioether (sulfide) groups is 1. The Hall–Kier alpha value is -2.41. The van der Waals surface area contributed by atoms with Crippen molar-refractivity contribution in [1.29, 1.82) is 0 Å². The molecule has 5 nitrogen and oxygen atoms in total. The van der Waals surface area contributed by atoms with Crippen LogP contribution >= 0.6 is 11.8 Å². The fraction of sp³-hybridized carbons (Fsp3) is 0.133. The van der Waals surface area contributed by atoms with Gasteiger partial charge in [0.15, 0.2) is 0 Å². The van der Waals surface area contributed by atoms with Crippen molar-refractivity contribution in [1.82, 2.24) is 0 Å². The van der Waals surface area contributed by atoms with Crippen LogP contribution in [0, 0.1) is 15.9 Å². The summed E-state index contributed by atoms with van der Waals surface area (Å²) < 4.78 is 18.0. The summed E-state index contributed by atoms with van der Waals surface area (Å²) in [4.78, 5) is 22.8. The molecule has 2 aromatic rings. The van der Waals surface area contributed by atoms with Crippen LogP contribution in [0.15, 0.2) is 53.4 Å². The lowest BCUT2D eigenvalue weighted by atomic mass is 10.3. The smallest absolute Gasteiger partial charge is 0.312 e. The van der Waals surface area contributed by atoms with Crippen LogP contribution < -0.4 is 4.74 Å². The van der Waals surface area contributed by atoms with E-state index in [1.807, 2.05) is 30.3 Å². The second kappa shape index (κ2) is 7.56. The van der Waals surface area contributed by atoms with Crippen molar-refractivity contribution in [3.8, 4) is 5.75 Å². The minimum Gasteiger partial charge on any atom is -0.419 e. The summed E-state index contributed by atoms with van der Waals surface area (Å²) in [6, 6.07) is 12.2. The lowest BCUT2D eigenvalue weighted by Gasteiger charge is -2.05. The van der Waals surface area contributed by atoms with Gasteiger partial charge < -0.3 is 4.74 Å². The van der Waals surface area contributed by atoms with Crippen LogP contribution in [0.4, 0.5) is 10.1 Å². The number of hydrogen-bond donors (Lipinski definition) is 0. The van der Waals surface area contributed by atoms with E-state index in [1.54, 1.807) is 0 Å². The molecule has 2 aromatic carbocycles. The molecule has 0 saturated carbocycles. The third-order valence-electron chi connectivity index (χ3n) is 2.66. The number of rotatable bonds is 6. The molecule has 0 atom stereocenters. The topological polar surface area (TPSA) is 69.4 Å². The van der Waals surface area contributed by atoms with E-state index in [9.17, 15) is 19.3 Å². The van der Waals surface area contributed by atoms with E-state index in [4.69, 9.17) is 4.74 Å². The van der Waals surface area contributed by atoms with Gasteiger partial charge in [-0.25, -0.2) is 4.39 Å². The second-order valence-corrected chi connectivity index (χ2v) is 5.42. The molecule has 0 N–H and O–H groups in total. The van der Waals surface area contributed by atoms with Crippen molar-refractivity contribution in [3.05, 3.63) is 64.5 Å². The Labute approximate surface area is 130 Å². The maximum atomic E-state index is 13.1. The summed E-state index contributed by atoms with van der Waals surface area (Å²) in [6.07, 6.45) is 0.0627. The highest BCUT2D eigenvalue weighted by Crippen LogP contribution is 2.28. The van der Waals surface area contributed by atoms with Gasteiger partial charge in [0.1, 0.15) is 5.82 Å². The fourth-order valence-electron chi connectivity index (χ4n) is 1.66. The van der Waals surface area contributed by atoms with Gasteiger partial charge >= 0.3 is 11.7 Å². The minimum atomic E-state index is -0.721. The molecule has 0 bridgehead atoms. The van der Waals surface area contributed by atoms with Gasteiger partial charge in [-0.15, -0.1) is 11.8 Å². The molecule has 0 aromatic heterocycles. The third-order valence-corrected chi connectivity index (χ3v) is 3.67. The molecule has 22 heavy (non-hydrogen) atoms. The average Bonchev–Trinajstić information content (AvgIpc) is 2.48. The van der Waals surface area contributed by atoms with E-state index in [2.05, 4.69) is 0 Å². The van der Waals surface area contributed by atoms with Gasteiger partial charge in [-0.2, -0.15) is 0 Å². The SMILES string of the molecule is O=C(CCSc1ccccc1)Oc1cc(F)ccc1[N+](=O)[O-]. The average molecular weight is 321 g/mol. The highest BCUT2D eigenvalue weighted by molar-refractivity contribution is 7.99. The molecule has 0 saturated heterocycles. The predicted molar refractivity (Wildman–Crippen MR) is 80.5 cm³/mol. The number of nitrogens with zero attached hydrogens (tertiary/aromatic N) is 1. The van der Waals surface area contributed by atoms with E-state index >= 15 is 0 Å². The summed E-state index contributed by atoms with van der Waals surface area (Å²) in [7, 11) is 0. The van der Waals surface area contributed by atoms with Crippen LogP contribution in [0.5, 0.6) is 5.75 Å². The first-order valence-corrected chi connectivity index (χ1v) is 7.37. The lowest BCUT2D eigenvalue weighted by molar-refractivity contribution is -0.385. The first-order chi connectivity index (χ1) is 10.6. The van der Waals surface area contributed by atoms with Gasteiger partial charge in [-0.3, -0.25) is 14.9 Å². The summed E-state index contributed by atoms with van der Waals surface area (Å²) in [5.74, 6) is -1.25. The molecule has 2 rings (SSSR count). The Morgan fingerprint density at radius 1 is 1.23 bits per heavy atom. The molecule has 0 fully saturated rings. The van der Waals surface area contributed by atoms with Crippen molar-refractivity contribution in [2.45, 2.75) is 11.3 Å². The molecule has 0 aliphatic heterocycles. The molecule has 0 unspecified atom stereocenters. The summed E-state index contributed by atoms with van der Waals surface area (Å²) in [6.45, 7) is 0. The number of nitro benzene ring substituents is 1. The minimum absolute atomic E-state index is 0.0627. The van der Waals surface area contributed by atoms with E-state index in [0.29, 0.717) is 5.75 Å². The molecule has 7 heteroatoms. The number of esters is 1. The molecular weight excluding hydrogens is 309 g/mol. The fourth-order valence-corrected chi connectivity index (χ4v) is 2.52. The molecule has 0 aliphatic carbocycles. The Morgan fingerprint density at radius 3 is 2.64 bits per heavy atom. The van der Waals surface area contributed by atoms with Crippen LogP contribution in [0.2, 0.25) is 0 Å². The van der Waals surface area contributed by atoms with Crippen LogP contribution in [-0.4, -0.2) is 16.6 Å². The lowest BCUT2D eigenvalue weighted by Crippen LogP contribution is -2.10. The zero-order valence-corrected chi connectivity index (χ0v) is 12.2. The molecule has 0 aliphatic rings. The third kappa shape index (κ3) is 4.56. The zero-order chi connectivity index (χ0) is 15.9. The van der Waals surface area contributed by atoms with Gasteiger partial charge in [0.2, 0.25) is 5.75 Å². The summed E-state index contributed by atoms with van der Waals surface area (Å²) in [5.41, 5.74) is -0.439. The van der Waals surface area contributed by atoms with E-state index in [-0.39, 0.29) is 12.2 Å². The number of ether oxygens (including phenoxy) is 1. The van der Waals surface area contributed by atoms with Crippen LogP contribution in [-0.2, 0) is 4.79 Å². The number of nitro groups is 1. The first-order valence-electron chi connectivity index (χ1n) is 6.39. The van der Waals surface area contributed by atoms with Crippen molar-refractivity contribution in [3.63, 3.8) is 0 Å². The highest BCUT2D eigenvalue weighted by atomic mass is 32.2. The Bertz CT molecular complexity index is 678. The maximum absolute atomic E-state index is 13.1. The maximum Gasteiger partial charge on any atom is 0.312 e. The summed E-state index contributed by atoms with van der Waals surface area (Å²) >= 11 is 1.46. The van der Waals surface area contributed by atoms with Crippen LogP contribution in [0.1, 0.15) is 6.42 Å². The van der Waals surface area contributed by atoms with Crippen molar-refractivity contribution >= 4 is 23.4 Å². The Balaban J connectivity index is 1.92. The molecule has 114 valence electrons. The first kappa shape index (κ1) is 16.0. The van der Waals surface area contributed by atoms with Crippen LogP contribution in [0.25, 0.3) is 0 Å². The van der Waals surface area contributed by atoms with Gasteiger partial charge in [0, 0.05) is 22.8 Å².